The van der Waals surface area contributed by atoms with Crippen LogP contribution in [-0.4, -0.2) is 58.8 Å². The molecule has 1 atom stereocenters. The average molecular weight is 423 g/mol. The fourth-order valence-electron chi connectivity index (χ4n) is 2.88. The predicted octanol–water partition coefficient (Wildman–Crippen LogP) is 2.11. The molecule has 0 heterocycles. The van der Waals surface area contributed by atoms with E-state index < -0.39 is 33.2 Å². The van der Waals surface area contributed by atoms with Gasteiger partial charge in [-0.3, -0.25) is 29.8 Å². The highest BCUT2D eigenvalue weighted by Crippen LogP contribution is 2.23. The molecule has 0 aliphatic heterocycles. The molecule has 11 heteroatoms. The van der Waals surface area contributed by atoms with E-state index in [-0.39, 0.29) is 17.4 Å². The highest BCUT2D eigenvalue weighted by atomic mass is 16.6. The second-order valence-corrected chi connectivity index (χ2v) is 7.23. The van der Waals surface area contributed by atoms with Gasteiger partial charge in [0.25, 0.3) is 17.3 Å². The minimum absolute atomic E-state index is 0.0864. The summed E-state index contributed by atoms with van der Waals surface area (Å²) in [6, 6.07) is 1.81. The predicted molar refractivity (Wildman–Crippen MR) is 111 cm³/mol. The Morgan fingerprint density at radius 1 is 1.03 bits per heavy atom. The van der Waals surface area contributed by atoms with Crippen LogP contribution in [-0.2, 0) is 4.79 Å². The van der Waals surface area contributed by atoms with Gasteiger partial charge in [-0.15, -0.1) is 0 Å². The van der Waals surface area contributed by atoms with Gasteiger partial charge in [0.2, 0.25) is 5.91 Å². The van der Waals surface area contributed by atoms with Crippen LogP contribution in [0.1, 0.15) is 44.5 Å². The third-order valence-electron chi connectivity index (χ3n) is 4.54. The van der Waals surface area contributed by atoms with Crippen LogP contribution in [0.25, 0.3) is 0 Å². The summed E-state index contributed by atoms with van der Waals surface area (Å²) >= 11 is 0. The SMILES string of the molecule is CCN(CC)CCNC(=O)[C@@H](CC(C)C)NC(=O)c1cc([N+](=O)[O-])cc([N+](=O)[O-])c1. The number of nitrogens with zero attached hydrogens (tertiary/aromatic N) is 3. The average Bonchev–Trinajstić information content (AvgIpc) is 2.69. The Bertz CT molecular complexity index is 746. The van der Waals surface area contributed by atoms with Gasteiger partial charge in [0.1, 0.15) is 6.04 Å². The van der Waals surface area contributed by atoms with E-state index in [1.807, 2.05) is 27.7 Å². The van der Waals surface area contributed by atoms with Crippen molar-refractivity contribution in [1.82, 2.24) is 15.5 Å². The smallest absolute Gasteiger partial charge is 0.277 e. The van der Waals surface area contributed by atoms with E-state index in [4.69, 9.17) is 0 Å². The van der Waals surface area contributed by atoms with Crippen LogP contribution in [0.15, 0.2) is 18.2 Å². The van der Waals surface area contributed by atoms with Gasteiger partial charge in [-0.25, -0.2) is 0 Å². The standard InChI is InChI=1S/C19H29N5O6/c1-5-22(6-2)8-7-20-19(26)17(9-13(3)4)21-18(25)14-10-15(23(27)28)12-16(11-14)24(29)30/h10-13,17H,5-9H2,1-4H3,(H,20,26)(H,21,25)/t17-/m1/s1. The molecule has 2 N–H and O–H groups in total. The minimum Gasteiger partial charge on any atom is -0.353 e. The summed E-state index contributed by atoms with van der Waals surface area (Å²) in [5, 5.41) is 27.4. The van der Waals surface area contributed by atoms with Crippen molar-refractivity contribution in [3.63, 3.8) is 0 Å². The van der Waals surface area contributed by atoms with E-state index in [0.717, 1.165) is 31.3 Å². The molecule has 0 unspecified atom stereocenters. The summed E-state index contributed by atoms with van der Waals surface area (Å²) in [7, 11) is 0. The number of nitrogens with one attached hydrogen (secondary N) is 2. The Morgan fingerprint density at radius 3 is 2.00 bits per heavy atom. The summed E-state index contributed by atoms with van der Waals surface area (Å²) < 4.78 is 0. The summed E-state index contributed by atoms with van der Waals surface area (Å²) in [4.78, 5) is 47.8. The second-order valence-electron chi connectivity index (χ2n) is 7.23. The van der Waals surface area contributed by atoms with E-state index in [1.165, 1.54) is 0 Å². The van der Waals surface area contributed by atoms with E-state index in [0.29, 0.717) is 19.5 Å². The van der Waals surface area contributed by atoms with Crippen molar-refractivity contribution < 1.29 is 19.4 Å². The number of hydrogen-bond donors (Lipinski definition) is 2. The number of hydrogen-bond acceptors (Lipinski definition) is 7. The van der Waals surface area contributed by atoms with Crippen LogP contribution in [0.2, 0.25) is 0 Å². The zero-order valence-electron chi connectivity index (χ0n) is 17.7. The topological polar surface area (TPSA) is 148 Å². The van der Waals surface area contributed by atoms with Crippen LogP contribution in [0.5, 0.6) is 0 Å². The summed E-state index contributed by atoms with van der Waals surface area (Å²) in [6.07, 6.45) is 0.347. The van der Waals surface area contributed by atoms with Gasteiger partial charge < -0.3 is 15.5 Å². The molecule has 0 bridgehead atoms. The number of likely N-dealkylation sites (N-methyl/N-ethyl adjacent to an activating group) is 1. The first-order valence-electron chi connectivity index (χ1n) is 9.83. The molecule has 1 rings (SSSR count). The monoisotopic (exact) mass is 423 g/mol. The highest BCUT2D eigenvalue weighted by Gasteiger charge is 2.25. The van der Waals surface area contributed by atoms with Crippen molar-refractivity contribution in [2.45, 2.75) is 40.2 Å². The number of benzene rings is 1. The molecule has 166 valence electrons. The van der Waals surface area contributed by atoms with Crippen molar-refractivity contribution in [1.29, 1.82) is 0 Å². The molecule has 0 fully saturated rings. The summed E-state index contributed by atoms with van der Waals surface area (Å²) in [6.45, 7) is 10.6. The van der Waals surface area contributed by atoms with Crippen LogP contribution >= 0.6 is 0 Å². The number of carbonyl (C=O) groups is 2. The molecule has 1 aromatic rings. The van der Waals surface area contributed by atoms with Crippen molar-refractivity contribution in [3.05, 3.63) is 44.0 Å². The Hall–Kier alpha value is -3.08. The van der Waals surface area contributed by atoms with Gasteiger partial charge in [-0.05, 0) is 25.4 Å². The number of nitro groups is 2. The van der Waals surface area contributed by atoms with Crippen molar-refractivity contribution in [2.75, 3.05) is 26.2 Å². The summed E-state index contributed by atoms with van der Waals surface area (Å²) in [5.41, 5.74) is -1.39. The van der Waals surface area contributed by atoms with Gasteiger partial charge in [0.15, 0.2) is 0 Å². The van der Waals surface area contributed by atoms with Crippen molar-refractivity contribution >= 4 is 23.2 Å². The zero-order valence-corrected chi connectivity index (χ0v) is 17.7. The lowest BCUT2D eigenvalue weighted by Crippen LogP contribution is -2.48. The van der Waals surface area contributed by atoms with E-state index in [9.17, 15) is 29.8 Å². The van der Waals surface area contributed by atoms with Crippen molar-refractivity contribution in [3.8, 4) is 0 Å². The number of rotatable bonds is 12. The lowest BCUT2D eigenvalue weighted by molar-refractivity contribution is -0.394. The fraction of sp³-hybridized carbons (Fsp3) is 0.579. The van der Waals surface area contributed by atoms with Crippen molar-refractivity contribution in [2.24, 2.45) is 5.92 Å². The maximum atomic E-state index is 12.6. The van der Waals surface area contributed by atoms with E-state index in [2.05, 4.69) is 15.5 Å². The Morgan fingerprint density at radius 2 is 1.57 bits per heavy atom. The molecule has 1 aromatic carbocycles. The minimum atomic E-state index is -0.868. The van der Waals surface area contributed by atoms with Crippen LogP contribution < -0.4 is 10.6 Å². The van der Waals surface area contributed by atoms with E-state index >= 15 is 0 Å². The molecular formula is C19H29N5O6. The zero-order chi connectivity index (χ0) is 22.8. The lowest BCUT2D eigenvalue weighted by Gasteiger charge is -2.22. The van der Waals surface area contributed by atoms with Gasteiger partial charge in [0, 0.05) is 25.2 Å². The molecule has 0 aromatic heterocycles. The molecule has 0 aliphatic rings. The molecular weight excluding hydrogens is 394 g/mol. The molecule has 0 radical (unpaired) electrons. The Balaban J connectivity index is 2.96. The molecule has 0 saturated carbocycles. The largest absolute Gasteiger partial charge is 0.353 e. The Kier molecular flexibility index (Phi) is 9.82. The van der Waals surface area contributed by atoms with Crippen LogP contribution in [0.3, 0.4) is 0 Å². The third-order valence-corrected chi connectivity index (χ3v) is 4.54. The highest BCUT2D eigenvalue weighted by molar-refractivity contribution is 5.98. The molecule has 11 nitrogen and oxygen atoms in total. The first kappa shape index (κ1) is 25.0. The molecule has 0 spiro atoms. The normalized spacial score (nSPS) is 11.9. The first-order chi connectivity index (χ1) is 14.1. The summed E-state index contributed by atoms with van der Waals surface area (Å²) in [5.74, 6) is -1.07. The van der Waals surface area contributed by atoms with Gasteiger partial charge in [-0.2, -0.15) is 0 Å². The van der Waals surface area contributed by atoms with Gasteiger partial charge in [-0.1, -0.05) is 27.7 Å². The maximum absolute atomic E-state index is 12.6. The van der Waals surface area contributed by atoms with Gasteiger partial charge in [0.05, 0.1) is 21.5 Å². The maximum Gasteiger partial charge on any atom is 0.277 e. The number of nitro benzene ring substituents is 2. The van der Waals surface area contributed by atoms with E-state index in [1.54, 1.807) is 0 Å². The van der Waals surface area contributed by atoms with Crippen LogP contribution in [0, 0.1) is 26.1 Å². The lowest BCUT2D eigenvalue weighted by atomic mass is 10.0. The van der Waals surface area contributed by atoms with Gasteiger partial charge >= 0.3 is 0 Å². The number of carbonyl (C=O) groups excluding carboxylic acids is 2. The molecule has 30 heavy (non-hydrogen) atoms. The number of non-ortho nitro benzene ring substituents is 2. The number of amides is 2. The quantitative estimate of drug-likeness (QED) is 0.386. The molecule has 2 amide bonds. The Labute approximate surface area is 175 Å². The van der Waals surface area contributed by atoms with Crippen LogP contribution in [0.4, 0.5) is 11.4 Å². The third kappa shape index (κ3) is 7.74. The first-order valence-corrected chi connectivity index (χ1v) is 9.83. The second kappa shape index (κ2) is 11.8. The molecule has 0 saturated heterocycles. The fourth-order valence-corrected chi connectivity index (χ4v) is 2.88. The molecule has 0 aliphatic carbocycles.